The van der Waals surface area contributed by atoms with E-state index in [-0.39, 0.29) is 17.0 Å². The van der Waals surface area contributed by atoms with Crippen molar-refractivity contribution >= 4 is 12.4 Å². The fraction of sp³-hybridized carbons (Fsp3) is 0.619. The first-order valence-corrected chi connectivity index (χ1v) is 9.08. The molecular formula is C21H31NO3. The van der Waals surface area contributed by atoms with Crippen LogP contribution < -0.4 is 0 Å². The lowest BCUT2D eigenvalue weighted by molar-refractivity contribution is -0.118. The number of carbonyl (C=O) groups excluding carboxylic acids is 2. The van der Waals surface area contributed by atoms with Gasteiger partial charge in [-0.15, -0.1) is 0 Å². The number of carbonyl (C=O) groups is 2. The van der Waals surface area contributed by atoms with E-state index in [9.17, 15) is 9.59 Å². The van der Waals surface area contributed by atoms with Gasteiger partial charge in [0.25, 0.3) is 0 Å². The lowest BCUT2D eigenvalue weighted by atomic mass is 9.69. The minimum absolute atomic E-state index is 0.272. The Labute approximate surface area is 151 Å². The normalized spacial score (nSPS) is 26.8. The van der Waals surface area contributed by atoms with Crippen molar-refractivity contribution in [1.82, 2.24) is 4.90 Å². The van der Waals surface area contributed by atoms with Gasteiger partial charge in [0.2, 0.25) is 0 Å². The lowest BCUT2D eigenvalue weighted by Crippen LogP contribution is -2.53. The Kier molecular flexibility index (Phi) is 5.60. The monoisotopic (exact) mass is 345 g/mol. The summed E-state index contributed by atoms with van der Waals surface area (Å²) in [5.74, 6) is 0. The van der Waals surface area contributed by atoms with Gasteiger partial charge in [-0.05, 0) is 58.9 Å². The molecule has 1 aliphatic carbocycles. The number of rotatable bonds is 4. The van der Waals surface area contributed by atoms with E-state index in [1.54, 1.807) is 0 Å². The topological polar surface area (TPSA) is 46.6 Å². The average Bonchev–Trinajstić information content (AvgIpc) is 2.55. The number of nitrogens with zero attached hydrogens (tertiary/aromatic N) is 1. The molecule has 1 aromatic carbocycles. The molecule has 0 N–H and O–H groups in total. The van der Waals surface area contributed by atoms with Crippen LogP contribution in [0.25, 0.3) is 0 Å². The van der Waals surface area contributed by atoms with Crippen molar-refractivity contribution in [2.24, 2.45) is 5.41 Å². The molecule has 0 aliphatic heterocycles. The highest BCUT2D eigenvalue weighted by molar-refractivity contribution is 5.69. The van der Waals surface area contributed by atoms with Crippen molar-refractivity contribution in [3.63, 3.8) is 0 Å². The van der Waals surface area contributed by atoms with Crippen molar-refractivity contribution in [3.05, 3.63) is 35.9 Å². The highest BCUT2D eigenvalue weighted by Crippen LogP contribution is 2.43. The Morgan fingerprint density at radius 2 is 1.68 bits per heavy atom. The molecule has 0 radical (unpaired) electrons. The summed E-state index contributed by atoms with van der Waals surface area (Å²) in [4.78, 5) is 26.2. The van der Waals surface area contributed by atoms with Gasteiger partial charge >= 0.3 is 6.09 Å². The Bertz CT molecular complexity index is 595. The van der Waals surface area contributed by atoms with Crippen LogP contribution in [0.15, 0.2) is 30.3 Å². The second-order valence-electron chi connectivity index (χ2n) is 8.82. The number of ether oxygens (including phenoxy) is 1. The van der Waals surface area contributed by atoms with Gasteiger partial charge in [0.1, 0.15) is 11.9 Å². The maximum atomic E-state index is 12.9. The minimum Gasteiger partial charge on any atom is -0.444 e. The van der Waals surface area contributed by atoms with E-state index in [4.69, 9.17) is 4.74 Å². The molecule has 138 valence electrons. The van der Waals surface area contributed by atoms with Crippen molar-refractivity contribution < 1.29 is 14.3 Å². The molecule has 2 rings (SSSR count). The Balaban J connectivity index is 2.24. The quantitative estimate of drug-likeness (QED) is 0.724. The molecule has 1 aromatic rings. The SMILES string of the molecule is CC1(C=O)CCC(C)(N(Cc2ccccc2)C(=O)OC(C)(C)C)CC1. The standard InChI is InChI=1S/C21H31NO3/c1-19(2,3)25-18(24)22(15-17-9-7-6-8-10-17)21(5)13-11-20(4,16-23)12-14-21/h6-10,16H,11-15H2,1-5H3. The molecule has 0 saturated heterocycles. The minimum atomic E-state index is -0.533. The number of hydrogen-bond donors (Lipinski definition) is 0. The van der Waals surface area contributed by atoms with E-state index >= 15 is 0 Å². The molecule has 4 heteroatoms. The van der Waals surface area contributed by atoms with Gasteiger partial charge in [0.15, 0.2) is 0 Å². The van der Waals surface area contributed by atoms with E-state index in [1.807, 2.05) is 62.9 Å². The summed E-state index contributed by atoms with van der Waals surface area (Å²) in [6.45, 7) is 10.3. The van der Waals surface area contributed by atoms with Crippen LogP contribution in [0.3, 0.4) is 0 Å². The summed E-state index contributed by atoms with van der Waals surface area (Å²) < 4.78 is 5.69. The van der Waals surface area contributed by atoms with Gasteiger partial charge in [0, 0.05) is 17.5 Å². The molecule has 1 saturated carbocycles. The summed E-state index contributed by atoms with van der Waals surface area (Å²) in [6.07, 6.45) is 3.97. The number of benzene rings is 1. The first-order valence-electron chi connectivity index (χ1n) is 9.08. The molecular weight excluding hydrogens is 314 g/mol. The zero-order valence-electron chi connectivity index (χ0n) is 16.2. The third kappa shape index (κ3) is 5.07. The van der Waals surface area contributed by atoms with Gasteiger partial charge in [-0.1, -0.05) is 37.3 Å². The number of aldehydes is 1. The maximum Gasteiger partial charge on any atom is 0.411 e. The summed E-state index contributed by atoms with van der Waals surface area (Å²) in [5.41, 5.74) is -0.0284. The van der Waals surface area contributed by atoms with Crippen LogP contribution in [0.1, 0.15) is 65.9 Å². The van der Waals surface area contributed by atoms with Crippen LogP contribution in [0.2, 0.25) is 0 Å². The number of amides is 1. The number of hydrogen-bond acceptors (Lipinski definition) is 3. The van der Waals surface area contributed by atoms with Crippen LogP contribution in [0.4, 0.5) is 4.79 Å². The van der Waals surface area contributed by atoms with Gasteiger partial charge < -0.3 is 9.53 Å². The smallest absolute Gasteiger partial charge is 0.411 e. The van der Waals surface area contributed by atoms with Gasteiger partial charge in [0.05, 0.1) is 0 Å². The van der Waals surface area contributed by atoms with E-state index in [0.29, 0.717) is 6.54 Å². The Hall–Kier alpha value is -1.84. The Morgan fingerprint density at radius 3 is 2.16 bits per heavy atom. The van der Waals surface area contributed by atoms with Gasteiger partial charge in [-0.2, -0.15) is 0 Å². The summed E-state index contributed by atoms with van der Waals surface area (Å²) in [6, 6.07) is 9.99. The molecule has 0 aromatic heterocycles. The van der Waals surface area contributed by atoms with Crippen molar-refractivity contribution in [2.45, 2.75) is 78.0 Å². The highest BCUT2D eigenvalue weighted by Gasteiger charge is 2.44. The first-order chi connectivity index (χ1) is 11.6. The van der Waals surface area contributed by atoms with Crippen LogP contribution in [0, 0.1) is 5.41 Å². The van der Waals surface area contributed by atoms with Crippen molar-refractivity contribution in [2.75, 3.05) is 0 Å². The summed E-state index contributed by atoms with van der Waals surface area (Å²) >= 11 is 0. The fourth-order valence-corrected chi connectivity index (χ4v) is 3.31. The van der Waals surface area contributed by atoms with Crippen LogP contribution in [-0.4, -0.2) is 28.4 Å². The third-order valence-electron chi connectivity index (χ3n) is 5.20. The fourth-order valence-electron chi connectivity index (χ4n) is 3.31. The van der Waals surface area contributed by atoms with E-state index in [2.05, 4.69) is 6.92 Å². The van der Waals surface area contributed by atoms with E-state index < -0.39 is 5.60 Å². The molecule has 1 amide bonds. The van der Waals surface area contributed by atoms with Crippen molar-refractivity contribution in [3.8, 4) is 0 Å². The predicted molar refractivity (Wildman–Crippen MR) is 99.3 cm³/mol. The first kappa shape index (κ1) is 19.5. The van der Waals surface area contributed by atoms with Crippen LogP contribution >= 0.6 is 0 Å². The second kappa shape index (κ2) is 7.19. The largest absolute Gasteiger partial charge is 0.444 e. The van der Waals surface area contributed by atoms with E-state index in [0.717, 1.165) is 37.5 Å². The third-order valence-corrected chi connectivity index (χ3v) is 5.20. The van der Waals surface area contributed by atoms with Crippen molar-refractivity contribution in [1.29, 1.82) is 0 Å². The molecule has 0 bridgehead atoms. The second-order valence-corrected chi connectivity index (χ2v) is 8.82. The van der Waals surface area contributed by atoms with Crippen LogP contribution in [-0.2, 0) is 16.1 Å². The highest BCUT2D eigenvalue weighted by atomic mass is 16.6. The Morgan fingerprint density at radius 1 is 1.12 bits per heavy atom. The molecule has 0 atom stereocenters. The molecule has 0 unspecified atom stereocenters. The van der Waals surface area contributed by atoms with Crippen LogP contribution in [0.5, 0.6) is 0 Å². The summed E-state index contributed by atoms with van der Waals surface area (Å²) in [7, 11) is 0. The molecule has 25 heavy (non-hydrogen) atoms. The molecule has 1 fully saturated rings. The lowest BCUT2D eigenvalue weighted by Gasteiger charge is -2.47. The molecule has 0 heterocycles. The molecule has 0 spiro atoms. The average molecular weight is 345 g/mol. The zero-order chi connectivity index (χ0) is 18.7. The zero-order valence-corrected chi connectivity index (χ0v) is 16.2. The predicted octanol–water partition coefficient (Wildman–Crippen LogP) is 4.96. The van der Waals surface area contributed by atoms with Gasteiger partial charge in [-0.3, -0.25) is 4.90 Å². The molecule has 1 aliphatic rings. The van der Waals surface area contributed by atoms with E-state index in [1.165, 1.54) is 0 Å². The van der Waals surface area contributed by atoms with Gasteiger partial charge in [-0.25, -0.2) is 4.79 Å². The maximum absolute atomic E-state index is 12.9. The molecule has 4 nitrogen and oxygen atoms in total. The summed E-state index contributed by atoms with van der Waals surface area (Å²) in [5, 5.41) is 0.